The maximum absolute atomic E-state index is 13.3. The van der Waals surface area contributed by atoms with Crippen molar-refractivity contribution >= 4 is 52.5 Å². The van der Waals surface area contributed by atoms with E-state index in [9.17, 15) is 19.2 Å². The third kappa shape index (κ3) is 4.53. The molecule has 3 aromatic carbocycles. The molecule has 8 nitrogen and oxygen atoms in total. The molecule has 0 unspecified atom stereocenters. The third-order valence-corrected chi connectivity index (χ3v) is 8.31. The second kappa shape index (κ2) is 10.0. The van der Waals surface area contributed by atoms with Crippen LogP contribution < -0.4 is 9.64 Å². The molecule has 6 rings (SSSR count). The smallest absolute Gasteiger partial charge is 0.266 e. The van der Waals surface area contributed by atoms with Gasteiger partial charge in [0.2, 0.25) is 0 Å². The Kier molecular flexibility index (Phi) is 6.53. The van der Waals surface area contributed by atoms with Crippen LogP contribution in [0.3, 0.4) is 0 Å². The fourth-order valence-electron chi connectivity index (χ4n) is 5.59. The SMILES string of the molecule is O=C(c1ccc(N2C(=O)c3ccccc3C2=O)cc1)N1C[C@@H]2CCN(C(=O)COc3ccc(Cl)c(Cl)c3)[C@@H]2C1. The highest BCUT2D eigenvalue weighted by Crippen LogP contribution is 2.34. The van der Waals surface area contributed by atoms with Crippen LogP contribution in [0.4, 0.5) is 5.69 Å². The van der Waals surface area contributed by atoms with Gasteiger partial charge in [0.05, 0.1) is 32.9 Å². The standard InChI is InChI=1S/C29H23Cl2N3O5/c30-23-10-9-20(13-24(23)31)39-16-26(35)33-12-11-18-14-32(15-25(18)33)27(36)17-5-7-19(8-6-17)34-28(37)21-3-1-2-4-22(21)29(34)38/h1-10,13,18,25H,11-12,14-16H2/t18-,25+/m0/s1. The van der Waals surface area contributed by atoms with Gasteiger partial charge in [-0.05, 0) is 55.0 Å². The van der Waals surface area contributed by atoms with Crippen molar-refractivity contribution < 1.29 is 23.9 Å². The molecule has 3 heterocycles. The first-order valence-electron chi connectivity index (χ1n) is 12.6. The molecule has 0 bridgehead atoms. The zero-order valence-electron chi connectivity index (χ0n) is 20.7. The number of halogens is 2. The Balaban J connectivity index is 1.09. The summed E-state index contributed by atoms with van der Waals surface area (Å²) in [4.78, 5) is 56.4. The van der Waals surface area contributed by atoms with Crippen molar-refractivity contribution in [3.05, 3.63) is 93.5 Å². The van der Waals surface area contributed by atoms with E-state index in [1.165, 1.54) is 0 Å². The molecule has 0 N–H and O–H groups in total. The van der Waals surface area contributed by atoms with E-state index in [0.717, 1.165) is 11.3 Å². The number of ether oxygens (including phenoxy) is 1. The van der Waals surface area contributed by atoms with Gasteiger partial charge in [-0.15, -0.1) is 0 Å². The highest BCUT2D eigenvalue weighted by Gasteiger charge is 2.45. The molecule has 3 aliphatic heterocycles. The van der Waals surface area contributed by atoms with Gasteiger partial charge in [-0.25, -0.2) is 4.90 Å². The fraction of sp³-hybridized carbons (Fsp3) is 0.241. The first kappa shape index (κ1) is 25.4. The first-order chi connectivity index (χ1) is 18.8. The van der Waals surface area contributed by atoms with E-state index in [0.29, 0.717) is 57.8 Å². The summed E-state index contributed by atoms with van der Waals surface area (Å²) in [5.74, 6) is -0.405. The Morgan fingerprint density at radius 3 is 2.23 bits per heavy atom. The number of imide groups is 1. The molecule has 198 valence electrons. The zero-order valence-corrected chi connectivity index (χ0v) is 22.2. The van der Waals surface area contributed by atoms with Crippen LogP contribution in [-0.4, -0.2) is 65.7 Å². The van der Waals surface area contributed by atoms with E-state index in [4.69, 9.17) is 27.9 Å². The Morgan fingerprint density at radius 1 is 0.872 bits per heavy atom. The van der Waals surface area contributed by atoms with Gasteiger partial charge in [-0.1, -0.05) is 35.3 Å². The van der Waals surface area contributed by atoms with Crippen molar-refractivity contribution in [3.8, 4) is 5.75 Å². The van der Waals surface area contributed by atoms with Crippen molar-refractivity contribution in [2.75, 3.05) is 31.1 Å². The van der Waals surface area contributed by atoms with Crippen molar-refractivity contribution in [1.29, 1.82) is 0 Å². The Hall–Kier alpha value is -3.88. The van der Waals surface area contributed by atoms with Crippen LogP contribution in [0.1, 0.15) is 37.5 Å². The van der Waals surface area contributed by atoms with Crippen LogP contribution in [0.25, 0.3) is 0 Å². The molecule has 10 heteroatoms. The number of nitrogens with zero attached hydrogens (tertiary/aromatic N) is 3. The number of benzene rings is 3. The molecule has 0 radical (unpaired) electrons. The van der Waals surface area contributed by atoms with E-state index in [1.807, 2.05) is 0 Å². The minimum absolute atomic E-state index is 0.0727. The number of anilines is 1. The van der Waals surface area contributed by atoms with E-state index < -0.39 is 0 Å². The maximum Gasteiger partial charge on any atom is 0.266 e. The van der Waals surface area contributed by atoms with Crippen LogP contribution in [0, 0.1) is 5.92 Å². The molecule has 3 aliphatic rings. The van der Waals surface area contributed by atoms with Gasteiger partial charge in [-0.3, -0.25) is 19.2 Å². The Labute approximate surface area is 234 Å². The fourth-order valence-corrected chi connectivity index (χ4v) is 5.88. The van der Waals surface area contributed by atoms with Gasteiger partial charge in [-0.2, -0.15) is 0 Å². The summed E-state index contributed by atoms with van der Waals surface area (Å²) in [6, 6.07) is 18.0. The van der Waals surface area contributed by atoms with Gasteiger partial charge in [0.25, 0.3) is 23.6 Å². The molecule has 0 aliphatic carbocycles. The molecule has 4 amide bonds. The molecule has 39 heavy (non-hydrogen) atoms. The van der Waals surface area contributed by atoms with Crippen molar-refractivity contribution in [2.45, 2.75) is 12.5 Å². The summed E-state index contributed by atoms with van der Waals surface area (Å²) < 4.78 is 5.63. The molecule has 2 fully saturated rings. The van der Waals surface area contributed by atoms with Crippen molar-refractivity contribution in [3.63, 3.8) is 0 Å². The number of rotatable bonds is 5. The number of hydrogen-bond acceptors (Lipinski definition) is 5. The molecular formula is C29H23Cl2N3O5. The van der Waals surface area contributed by atoms with Gasteiger partial charge in [0.1, 0.15) is 5.75 Å². The predicted molar refractivity (Wildman–Crippen MR) is 145 cm³/mol. The number of amides is 4. The number of fused-ring (bicyclic) bond motifs is 2. The van der Waals surface area contributed by atoms with Gasteiger partial charge < -0.3 is 14.5 Å². The zero-order chi connectivity index (χ0) is 27.3. The average Bonchev–Trinajstić information content (AvgIpc) is 3.61. The normalized spacial score (nSPS) is 19.9. The second-order valence-corrected chi connectivity index (χ2v) is 10.6. The minimum atomic E-state index is -0.380. The van der Waals surface area contributed by atoms with Crippen molar-refractivity contribution in [1.82, 2.24) is 9.80 Å². The largest absolute Gasteiger partial charge is 0.484 e. The number of carbonyl (C=O) groups is 4. The van der Waals surface area contributed by atoms with Crippen LogP contribution in [0.2, 0.25) is 10.0 Å². The number of carbonyl (C=O) groups excluding carboxylic acids is 4. The molecule has 2 saturated heterocycles. The number of hydrogen-bond donors (Lipinski definition) is 0. The topological polar surface area (TPSA) is 87.2 Å². The lowest BCUT2D eigenvalue weighted by Gasteiger charge is -2.25. The van der Waals surface area contributed by atoms with E-state index in [2.05, 4.69) is 0 Å². The third-order valence-electron chi connectivity index (χ3n) is 7.58. The lowest BCUT2D eigenvalue weighted by molar-refractivity contribution is -0.134. The average molecular weight is 564 g/mol. The minimum Gasteiger partial charge on any atom is -0.484 e. The van der Waals surface area contributed by atoms with Gasteiger partial charge >= 0.3 is 0 Å². The molecule has 0 aromatic heterocycles. The summed E-state index contributed by atoms with van der Waals surface area (Å²) in [5, 5.41) is 0.760. The predicted octanol–water partition coefficient (Wildman–Crippen LogP) is 4.55. The Bertz CT molecular complexity index is 1470. The van der Waals surface area contributed by atoms with Crippen molar-refractivity contribution in [2.24, 2.45) is 5.92 Å². The lowest BCUT2D eigenvalue weighted by atomic mass is 10.1. The number of likely N-dealkylation sites (tertiary alicyclic amines) is 2. The highest BCUT2D eigenvalue weighted by atomic mass is 35.5. The summed E-state index contributed by atoms with van der Waals surface area (Å²) >= 11 is 12.0. The summed E-state index contributed by atoms with van der Waals surface area (Å²) in [7, 11) is 0. The van der Waals surface area contributed by atoms with Crippen LogP contribution >= 0.6 is 23.2 Å². The van der Waals surface area contributed by atoms with Gasteiger partial charge in [0, 0.05) is 37.2 Å². The quantitative estimate of drug-likeness (QED) is 0.425. The lowest BCUT2D eigenvalue weighted by Crippen LogP contribution is -2.42. The Morgan fingerprint density at radius 2 is 1.56 bits per heavy atom. The highest BCUT2D eigenvalue weighted by molar-refractivity contribution is 6.42. The van der Waals surface area contributed by atoms with Crippen LogP contribution in [-0.2, 0) is 4.79 Å². The molecular weight excluding hydrogens is 541 g/mol. The summed E-state index contributed by atoms with van der Waals surface area (Å²) in [5.41, 5.74) is 1.60. The summed E-state index contributed by atoms with van der Waals surface area (Å²) in [6.45, 7) is 1.48. The molecule has 2 atom stereocenters. The van der Waals surface area contributed by atoms with Crippen LogP contribution in [0.15, 0.2) is 66.7 Å². The maximum atomic E-state index is 13.3. The first-order valence-corrected chi connectivity index (χ1v) is 13.3. The van der Waals surface area contributed by atoms with E-state index >= 15 is 0 Å². The van der Waals surface area contributed by atoms with Gasteiger partial charge in [0.15, 0.2) is 6.61 Å². The molecule has 0 spiro atoms. The van der Waals surface area contributed by atoms with E-state index in [1.54, 1.807) is 76.5 Å². The molecule has 3 aromatic rings. The monoisotopic (exact) mass is 563 g/mol. The summed E-state index contributed by atoms with van der Waals surface area (Å²) in [6.07, 6.45) is 0.811. The van der Waals surface area contributed by atoms with E-state index in [-0.39, 0.29) is 42.2 Å². The molecule has 0 saturated carbocycles. The second-order valence-electron chi connectivity index (χ2n) is 9.82. The van der Waals surface area contributed by atoms with Crippen LogP contribution in [0.5, 0.6) is 5.75 Å².